The van der Waals surface area contributed by atoms with Crippen LogP contribution in [0, 0.1) is 11.8 Å². The minimum absolute atomic E-state index is 0.0807. The molecule has 1 aromatic heterocycles. The van der Waals surface area contributed by atoms with E-state index in [1.807, 2.05) is 11.3 Å². The molecule has 112 valence electrons. The summed E-state index contributed by atoms with van der Waals surface area (Å²) in [6.07, 6.45) is 6.95. The Hall–Kier alpha value is -0.450. The monoisotopic (exact) mass is 294 g/mol. The largest absolute Gasteiger partial charge is 0.393 e. The Morgan fingerprint density at radius 2 is 2.20 bits per heavy atom. The molecule has 1 saturated carbocycles. The summed E-state index contributed by atoms with van der Waals surface area (Å²) in [6.45, 7) is 4.28. The Kier molecular flexibility index (Phi) is 4.43. The van der Waals surface area contributed by atoms with Crippen LogP contribution in [-0.4, -0.2) is 34.7 Å². The smallest absolute Gasteiger partial charge is 0.107 e. The van der Waals surface area contributed by atoms with Crippen molar-refractivity contribution < 1.29 is 5.11 Å². The normalized spacial score (nSPS) is 29.9. The fraction of sp³-hybridized carbons (Fsp3) is 0.812. The number of fused-ring (bicyclic) bond motifs is 1. The first-order valence-electron chi connectivity index (χ1n) is 7.96. The van der Waals surface area contributed by atoms with Gasteiger partial charge >= 0.3 is 0 Å². The van der Waals surface area contributed by atoms with E-state index in [-0.39, 0.29) is 6.10 Å². The molecule has 0 amide bonds. The molecule has 1 heterocycles. The molecule has 0 aliphatic heterocycles. The van der Waals surface area contributed by atoms with Crippen molar-refractivity contribution in [3.05, 3.63) is 15.6 Å². The van der Waals surface area contributed by atoms with Gasteiger partial charge in [0.2, 0.25) is 0 Å². The van der Waals surface area contributed by atoms with Gasteiger partial charge in [-0.25, -0.2) is 4.98 Å². The van der Waals surface area contributed by atoms with Crippen molar-refractivity contribution in [3.8, 4) is 0 Å². The molecule has 3 rings (SSSR count). The van der Waals surface area contributed by atoms with Crippen molar-refractivity contribution in [1.82, 2.24) is 9.88 Å². The van der Waals surface area contributed by atoms with Gasteiger partial charge < -0.3 is 5.11 Å². The number of hydrogen-bond acceptors (Lipinski definition) is 4. The van der Waals surface area contributed by atoms with Crippen molar-refractivity contribution in [2.45, 2.75) is 58.1 Å². The maximum atomic E-state index is 9.93. The maximum Gasteiger partial charge on any atom is 0.107 e. The lowest BCUT2D eigenvalue weighted by molar-refractivity contribution is 0.108. The first-order chi connectivity index (χ1) is 9.61. The van der Waals surface area contributed by atoms with Gasteiger partial charge in [-0.15, -0.1) is 11.3 Å². The van der Waals surface area contributed by atoms with Gasteiger partial charge in [0, 0.05) is 11.4 Å². The third kappa shape index (κ3) is 3.23. The van der Waals surface area contributed by atoms with Crippen molar-refractivity contribution in [3.63, 3.8) is 0 Å². The highest BCUT2D eigenvalue weighted by Crippen LogP contribution is 2.31. The molecule has 0 aromatic carbocycles. The number of rotatable bonds is 4. The average molecular weight is 294 g/mol. The number of nitrogens with zero attached hydrogens (tertiary/aromatic N) is 2. The van der Waals surface area contributed by atoms with E-state index in [9.17, 15) is 5.11 Å². The van der Waals surface area contributed by atoms with E-state index in [0.29, 0.717) is 5.92 Å². The number of aryl methyl sites for hydroxylation is 1. The number of aliphatic hydroxyl groups is 1. The van der Waals surface area contributed by atoms with Gasteiger partial charge in [-0.05, 0) is 51.0 Å². The molecule has 2 aliphatic carbocycles. The molecule has 0 saturated heterocycles. The van der Waals surface area contributed by atoms with E-state index in [0.717, 1.165) is 31.8 Å². The predicted octanol–water partition coefficient (Wildman–Crippen LogP) is 2.86. The number of thiazole rings is 1. The summed E-state index contributed by atoms with van der Waals surface area (Å²) in [5.41, 5.74) is 1.36. The summed E-state index contributed by atoms with van der Waals surface area (Å²) >= 11 is 1.91. The van der Waals surface area contributed by atoms with Crippen LogP contribution in [-0.2, 0) is 19.4 Å². The minimum atomic E-state index is -0.0807. The van der Waals surface area contributed by atoms with E-state index in [1.165, 1.54) is 41.3 Å². The van der Waals surface area contributed by atoms with Crippen LogP contribution >= 0.6 is 11.3 Å². The molecule has 20 heavy (non-hydrogen) atoms. The number of hydrogen-bond donors (Lipinski definition) is 1. The maximum absolute atomic E-state index is 9.93. The molecular weight excluding hydrogens is 268 g/mol. The first-order valence-corrected chi connectivity index (χ1v) is 8.77. The van der Waals surface area contributed by atoms with Gasteiger partial charge in [0.1, 0.15) is 5.01 Å². The van der Waals surface area contributed by atoms with E-state index < -0.39 is 0 Å². The SMILES string of the molecule is CC1CCc2nc(CN(C)CC3CCCC3O)sc2C1. The fourth-order valence-corrected chi connectivity index (χ4v) is 4.95. The van der Waals surface area contributed by atoms with Crippen LogP contribution in [0.3, 0.4) is 0 Å². The van der Waals surface area contributed by atoms with E-state index in [2.05, 4.69) is 18.9 Å². The fourth-order valence-electron chi connectivity index (χ4n) is 3.59. The molecule has 0 radical (unpaired) electrons. The Morgan fingerprint density at radius 1 is 1.35 bits per heavy atom. The van der Waals surface area contributed by atoms with Crippen LogP contribution in [0.5, 0.6) is 0 Å². The van der Waals surface area contributed by atoms with Gasteiger partial charge in [0.15, 0.2) is 0 Å². The van der Waals surface area contributed by atoms with Gasteiger partial charge in [-0.3, -0.25) is 4.90 Å². The van der Waals surface area contributed by atoms with Crippen molar-refractivity contribution in [2.75, 3.05) is 13.6 Å². The zero-order valence-electron chi connectivity index (χ0n) is 12.6. The predicted molar refractivity (Wildman–Crippen MR) is 83.0 cm³/mol. The molecule has 0 bridgehead atoms. The highest BCUT2D eigenvalue weighted by Gasteiger charge is 2.26. The molecule has 3 nitrogen and oxygen atoms in total. The van der Waals surface area contributed by atoms with Crippen LogP contribution < -0.4 is 0 Å². The lowest BCUT2D eigenvalue weighted by Crippen LogP contribution is -2.29. The standard InChI is InChI=1S/C16H26N2OS/c1-11-6-7-13-15(8-11)20-16(17-13)10-18(2)9-12-4-3-5-14(12)19/h11-12,14,19H,3-10H2,1-2H3. The van der Waals surface area contributed by atoms with E-state index >= 15 is 0 Å². The molecule has 1 aromatic rings. The van der Waals surface area contributed by atoms with Crippen LogP contribution in [0.4, 0.5) is 0 Å². The van der Waals surface area contributed by atoms with E-state index in [1.54, 1.807) is 0 Å². The van der Waals surface area contributed by atoms with Gasteiger partial charge in [-0.1, -0.05) is 13.3 Å². The summed E-state index contributed by atoms with van der Waals surface area (Å²) in [7, 11) is 2.16. The Bertz CT molecular complexity index is 459. The summed E-state index contributed by atoms with van der Waals surface area (Å²) in [4.78, 5) is 8.69. The lowest BCUT2D eigenvalue weighted by atomic mass is 9.93. The minimum Gasteiger partial charge on any atom is -0.393 e. The van der Waals surface area contributed by atoms with Crippen molar-refractivity contribution in [2.24, 2.45) is 11.8 Å². The number of aliphatic hydroxyl groups excluding tert-OH is 1. The van der Waals surface area contributed by atoms with Crippen LogP contribution in [0.25, 0.3) is 0 Å². The second-order valence-corrected chi connectivity index (χ2v) is 7.95. The molecule has 2 aliphatic rings. The molecule has 0 spiro atoms. The molecule has 1 N–H and O–H groups in total. The van der Waals surface area contributed by atoms with Crippen LogP contribution in [0.1, 0.15) is 48.2 Å². The van der Waals surface area contributed by atoms with Crippen LogP contribution in [0.15, 0.2) is 0 Å². The second-order valence-electron chi connectivity index (χ2n) is 6.78. The topological polar surface area (TPSA) is 36.4 Å². The molecule has 4 heteroatoms. The molecule has 1 fully saturated rings. The Morgan fingerprint density at radius 3 is 2.95 bits per heavy atom. The third-order valence-electron chi connectivity index (χ3n) is 4.80. The average Bonchev–Trinajstić information content (AvgIpc) is 2.95. The van der Waals surface area contributed by atoms with Crippen LogP contribution in [0.2, 0.25) is 0 Å². The van der Waals surface area contributed by atoms with Gasteiger partial charge in [0.05, 0.1) is 18.3 Å². The summed E-state index contributed by atoms with van der Waals surface area (Å²) in [5, 5.41) is 11.2. The zero-order chi connectivity index (χ0) is 14.1. The number of aromatic nitrogens is 1. The summed E-state index contributed by atoms with van der Waals surface area (Å²) in [5.74, 6) is 1.29. The van der Waals surface area contributed by atoms with Gasteiger partial charge in [-0.2, -0.15) is 0 Å². The molecular formula is C16H26N2OS. The third-order valence-corrected chi connectivity index (χ3v) is 5.91. The van der Waals surface area contributed by atoms with Crippen molar-refractivity contribution >= 4 is 11.3 Å². The lowest BCUT2D eigenvalue weighted by Gasteiger charge is -2.22. The molecule has 3 atom stereocenters. The second kappa shape index (κ2) is 6.12. The highest BCUT2D eigenvalue weighted by atomic mass is 32.1. The Balaban J connectivity index is 1.57. The van der Waals surface area contributed by atoms with E-state index in [4.69, 9.17) is 4.98 Å². The Labute approximate surface area is 126 Å². The summed E-state index contributed by atoms with van der Waals surface area (Å²) in [6, 6.07) is 0. The van der Waals surface area contributed by atoms with Crippen molar-refractivity contribution in [1.29, 1.82) is 0 Å². The quantitative estimate of drug-likeness (QED) is 0.927. The van der Waals surface area contributed by atoms with Gasteiger partial charge in [0.25, 0.3) is 0 Å². The zero-order valence-corrected chi connectivity index (χ0v) is 13.5. The molecule has 3 unspecified atom stereocenters. The first kappa shape index (κ1) is 14.5. The highest BCUT2D eigenvalue weighted by molar-refractivity contribution is 7.11. The summed E-state index contributed by atoms with van der Waals surface area (Å²) < 4.78 is 0.